The molecule has 0 radical (unpaired) electrons. The summed E-state index contributed by atoms with van der Waals surface area (Å²) in [4.78, 5) is 25.6. The van der Waals surface area contributed by atoms with Crippen LogP contribution < -0.4 is 11.2 Å². The minimum Gasteiger partial charge on any atom is -0.392 e. The summed E-state index contributed by atoms with van der Waals surface area (Å²) in [5.74, 6) is 2.29. The Hall–Kier alpha value is -1.84. The first-order valence-corrected chi connectivity index (χ1v) is 6.45. The molecular formula is C14H18N2O4. The van der Waals surface area contributed by atoms with E-state index >= 15 is 0 Å². The van der Waals surface area contributed by atoms with E-state index in [-0.39, 0.29) is 18.4 Å². The molecular weight excluding hydrogens is 260 g/mol. The molecule has 1 aliphatic rings. The SMILES string of the molecule is C#CC1(CO)OC(n2cc(C)c(=O)[nH]c2=O)C(C)C1C. The van der Waals surface area contributed by atoms with Crippen LogP contribution in [0.5, 0.6) is 0 Å². The average Bonchev–Trinajstić information content (AvgIpc) is 2.68. The van der Waals surface area contributed by atoms with Crippen molar-refractivity contribution in [3.05, 3.63) is 32.6 Å². The third kappa shape index (κ3) is 1.99. The van der Waals surface area contributed by atoms with Gasteiger partial charge >= 0.3 is 5.69 Å². The molecule has 1 aromatic heterocycles. The van der Waals surface area contributed by atoms with Crippen LogP contribution in [-0.2, 0) is 4.74 Å². The van der Waals surface area contributed by atoms with Gasteiger partial charge in [-0.05, 0) is 6.92 Å². The Morgan fingerprint density at radius 2 is 2.20 bits per heavy atom. The van der Waals surface area contributed by atoms with Gasteiger partial charge in [0.25, 0.3) is 5.56 Å². The van der Waals surface area contributed by atoms with Gasteiger partial charge in [-0.3, -0.25) is 14.3 Å². The maximum absolute atomic E-state index is 11.9. The summed E-state index contributed by atoms with van der Waals surface area (Å²) < 4.78 is 7.11. The molecule has 1 aliphatic heterocycles. The van der Waals surface area contributed by atoms with Crippen LogP contribution in [0, 0.1) is 31.1 Å². The molecule has 1 saturated heterocycles. The normalized spacial score (nSPS) is 33.0. The number of hydrogen-bond acceptors (Lipinski definition) is 4. The van der Waals surface area contributed by atoms with Gasteiger partial charge in [-0.15, -0.1) is 6.42 Å². The maximum Gasteiger partial charge on any atom is 0.330 e. The second-order valence-corrected chi connectivity index (χ2v) is 5.33. The number of terminal acetylenes is 1. The molecule has 4 atom stereocenters. The molecule has 108 valence electrons. The number of H-pyrrole nitrogens is 1. The Kier molecular flexibility index (Phi) is 3.59. The Labute approximate surface area is 116 Å². The van der Waals surface area contributed by atoms with Crippen molar-refractivity contribution in [1.82, 2.24) is 9.55 Å². The van der Waals surface area contributed by atoms with Crippen LogP contribution in [0.15, 0.2) is 15.8 Å². The minimum absolute atomic E-state index is 0.0822. The Morgan fingerprint density at radius 1 is 1.55 bits per heavy atom. The summed E-state index contributed by atoms with van der Waals surface area (Å²) in [6, 6.07) is 0. The minimum atomic E-state index is -1.10. The molecule has 0 aromatic carbocycles. The summed E-state index contributed by atoms with van der Waals surface area (Å²) in [5, 5.41) is 9.52. The summed E-state index contributed by atoms with van der Waals surface area (Å²) in [7, 11) is 0. The second-order valence-electron chi connectivity index (χ2n) is 5.33. The third-order valence-corrected chi connectivity index (χ3v) is 4.20. The quantitative estimate of drug-likeness (QED) is 0.746. The van der Waals surface area contributed by atoms with Gasteiger partial charge < -0.3 is 9.84 Å². The van der Waals surface area contributed by atoms with Crippen LogP contribution in [0.25, 0.3) is 0 Å². The van der Waals surface area contributed by atoms with Crippen LogP contribution in [0.3, 0.4) is 0 Å². The van der Waals surface area contributed by atoms with Crippen molar-refractivity contribution in [3.8, 4) is 12.3 Å². The topological polar surface area (TPSA) is 84.3 Å². The fourth-order valence-electron chi connectivity index (χ4n) is 2.58. The average molecular weight is 278 g/mol. The number of aromatic nitrogens is 2. The highest BCUT2D eigenvalue weighted by Gasteiger charge is 2.50. The van der Waals surface area contributed by atoms with Crippen molar-refractivity contribution < 1.29 is 9.84 Å². The molecule has 4 unspecified atom stereocenters. The summed E-state index contributed by atoms with van der Waals surface area (Å²) in [6.45, 7) is 5.07. The van der Waals surface area contributed by atoms with E-state index < -0.39 is 23.1 Å². The van der Waals surface area contributed by atoms with Crippen LogP contribution in [0.2, 0.25) is 0 Å². The molecule has 0 bridgehead atoms. The van der Waals surface area contributed by atoms with E-state index in [0.29, 0.717) is 5.56 Å². The van der Waals surface area contributed by atoms with Gasteiger partial charge in [0.2, 0.25) is 0 Å². The third-order valence-electron chi connectivity index (χ3n) is 4.20. The fourth-order valence-corrected chi connectivity index (χ4v) is 2.58. The molecule has 0 aliphatic carbocycles. The zero-order valence-corrected chi connectivity index (χ0v) is 11.7. The number of aromatic amines is 1. The van der Waals surface area contributed by atoms with Crippen LogP contribution in [0.1, 0.15) is 25.6 Å². The lowest BCUT2D eigenvalue weighted by molar-refractivity contribution is -0.0780. The van der Waals surface area contributed by atoms with Crippen molar-refractivity contribution in [3.63, 3.8) is 0 Å². The molecule has 6 nitrogen and oxygen atoms in total. The Morgan fingerprint density at radius 3 is 2.70 bits per heavy atom. The van der Waals surface area contributed by atoms with Crippen LogP contribution in [-0.4, -0.2) is 26.9 Å². The van der Waals surface area contributed by atoms with E-state index in [2.05, 4.69) is 10.9 Å². The van der Waals surface area contributed by atoms with E-state index in [1.54, 1.807) is 6.92 Å². The smallest absolute Gasteiger partial charge is 0.330 e. The summed E-state index contributed by atoms with van der Waals surface area (Å²) >= 11 is 0. The molecule has 2 heterocycles. The van der Waals surface area contributed by atoms with Crippen molar-refractivity contribution >= 4 is 0 Å². The standard InChI is InChI=1S/C14H18N2O4/c1-5-14(7-17)10(4)9(3)12(20-14)16-6-8(2)11(18)15-13(16)19/h1,6,9-10,12,17H,7H2,2-4H3,(H,15,18,19). The number of aryl methyl sites for hydroxylation is 1. The molecule has 0 amide bonds. The second kappa shape index (κ2) is 4.93. The zero-order valence-electron chi connectivity index (χ0n) is 11.7. The predicted octanol–water partition coefficient (Wildman–Crippen LogP) is 0.0103. The highest BCUT2D eigenvalue weighted by molar-refractivity contribution is 5.16. The number of ether oxygens (including phenoxy) is 1. The van der Waals surface area contributed by atoms with E-state index in [9.17, 15) is 14.7 Å². The van der Waals surface area contributed by atoms with Crippen LogP contribution >= 0.6 is 0 Å². The largest absolute Gasteiger partial charge is 0.392 e. The van der Waals surface area contributed by atoms with Crippen molar-refractivity contribution in [2.45, 2.75) is 32.6 Å². The number of aliphatic hydroxyl groups is 1. The highest BCUT2D eigenvalue weighted by Crippen LogP contribution is 2.44. The Bertz CT molecular complexity index is 669. The lowest BCUT2D eigenvalue weighted by Crippen LogP contribution is -2.38. The van der Waals surface area contributed by atoms with Gasteiger partial charge in [0.1, 0.15) is 6.23 Å². The van der Waals surface area contributed by atoms with Gasteiger partial charge in [0.15, 0.2) is 5.60 Å². The van der Waals surface area contributed by atoms with E-state index in [1.807, 2.05) is 13.8 Å². The van der Waals surface area contributed by atoms with Crippen molar-refractivity contribution in [1.29, 1.82) is 0 Å². The molecule has 1 aromatic rings. The van der Waals surface area contributed by atoms with Gasteiger partial charge in [-0.2, -0.15) is 0 Å². The first-order valence-electron chi connectivity index (χ1n) is 6.45. The molecule has 1 fully saturated rings. The number of aliphatic hydroxyl groups excluding tert-OH is 1. The molecule has 6 heteroatoms. The van der Waals surface area contributed by atoms with E-state index in [4.69, 9.17) is 11.2 Å². The number of nitrogens with one attached hydrogen (secondary N) is 1. The van der Waals surface area contributed by atoms with Crippen molar-refractivity contribution in [2.24, 2.45) is 11.8 Å². The van der Waals surface area contributed by atoms with Gasteiger partial charge in [0.05, 0.1) is 6.61 Å². The first-order chi connectivity index (χ1) is 9.36. The number of hydrogen-bond donors (Lipinski definition) is 2. The lowest BCUT2D eigenvalue weighted by Gasteiger charge is -2.25. The summed E-state index contributed by atoms with van der Waals surface area (Å²) in [5.41, 5.74) is -1.66. The fraction of sp³-hybridized carbons (Fsp3) is 0.571. The number of nitrogens with zero attached hydrogens (tertiary/aromatic N) is 1. The van der Waals surface area contributed by atoms with Gasteiger partial charge in [0, 0.05) is 23.6 Å². The lowest BCUT2D eigenvalue weighted by atomic mass is 9.83. The van der Waals surface area contributed by atoms with E-state index in [1.165, 1.54) is 10.8 Å². The molecule has 2 rings (SSSR count). The van der Waals surface area contributed by atoms with Gasteiger partial charge in [-0.25, -0.2) is 4.79 Å². The van der Waals surface area contributed by atoms with Crippen LogP contribution in [0.4, 0.5) is 0 Å². The number of rotatable bonds is 2. The summed E-state index contributed by atoms with van der Waals surface area (Å²) in [6.07, 6.45) is 6.33. The molecule has 20 heavy (non-hydrogen) atoms. The first kappa shape index (κ1) is 14.6. The highest BCUT2D eigenvalue weighted by atomic mass is 16.5. The predicted molar refractivity (Wildman–Crippen MR) is 73.2 cm³/mol. The van der Waals surface area contributed by atoms with E-state index in [0.717, 1.165) is 0 Å². The monoisotopic (exact) mass is 278 g/mol. The molecule has 2 N–H and O–H groups in total. The molecule has 0 spiro atoms. The maximum atomic E-state index is 11.9. The Balaban J connectivity index is 2.51. The van der Waals surface area contributed by atoms with Crippen molar-refractivity contribution in [2.75, 3.05) is 6.61 Å². The van der Waals surface area contributed by atoms with Gasteiger partial charge in [-0.1, -0.05) is 19.8 Å². The zero-order chi connectivity index (χ0) is 15.1. The molecule has 0 saturated carbocycles.